The zero-order chi connectivity index (χ0) is 18.4. The lowest BCUT2D eigenvalue weighted by molar-refractivity contribution is 0.0933. The lowest BCUT2D eigenvalue weighted by Gasteiger charge is -2.18. The number of ether oxygens (including phenoxy) is 4. The van der Waals surface area contributed by atoms with Gasteiger partial charge in [0.15, 0.2) is 11.5 Å². The number of benzene rings is 2. The van der Waals surface area contributed by atoms with E-state index < -0.39 is 0 Å². The molecule has 2 rings (SSSR count). The first-order valence-corrected chi connectivity index (χ1v) is 7.79. The molecule has 0 fully saturated rings. The third kappa shape index (κ3) is 3.96. The molecule has 134 valence electrons. The Bertz CT molecular complexity index is 722. The van der Waals surface area contributed by atoms with Crippen molar-refractivity contribution in [3.8, 4) is 23.0 Å². The molecule has 25 heavy (non-hydrogen) atoms. The second-order valence-electron chi connectivity index (χ2n) is 5.35. The Morgan fingerprint density at radius 1 is 0.840 bits per heavy atom. The van der Waals surface area contributed by atoms with Crippen molar-refractivity contribution in [2.24, 2.45) is 0 Å². The second-order valence-corrected chi connectivity index (χ2v) is 5.35. The Labute approximate surface area is 147 Å². The highest BCUT2D eigenvalue weighted by Crippen LogP contribution is 2.31. The van der Waals surface area contributed by atoms with Gasteiger partial charge in [-0.3, -0.25) is 4.79 Å². The van der Waals surface area contributed by atoms with E-state index in [0.717, 1.165) is 5.56 Å². The Morgan fingerprint density at radius 3 is 1.92 bits per heavy atom. The van der Waals surface area contributed by atoms with Crippen LogP contribution in [0.4, 0.5) is 0 Å². The summed E-state index contributed by atoms with van der Waals surface area (Å²) in [6.07, 6.45) is 0. The van der Waals surface area contributed by atoms with Gasteiger partial charge in [-0.1, -0.05) is 12.1 Å². The molecule has 0 aliphatic rings. The molecular formula is C19H23NO5. The van der Waals surface area contributed by atoms with Gasteiger partial charge in [-0.2, -0.15) is 0 Å². The highest BCUT2D eigenvalue weighted by Gasteiger charge is 2.20. The minimum Gasteiger partial charge on any atom is -0.496 e. The largest absolute Gasteiger partial charge is 0.496 e. The van der Waals surface area contributed by atoms with Crippen LogP contribution in [0, 0.1) is 0 Å². The molecule has 6 nitrogen and oxygen atoms in total. The van der Waals surface area contributed by atoms with Crippen molar-refractivity contribution in [3.05, 3.63) is 47.5 Å². The maximum absolute atomic E-state index is 12.7. The van der Waals surface area contributed by atoms with Gasteiger partial charge in [-0.25, -0.2) is 0 Å². The Morgan fingerprint density at radius 2 is 1.40 bits per heavy atom. The van der Waals surface area contributed by atoms with E-state index in [2.05, 4.69) is 5.32 Å². The lowest BCUT2D eigenvalue weighted by Crippen LogP contribution is -2.27. The van der Waals surface area contributed by atoms with Crippen LogP contribution in [0.2, 0.25) is 0 Å². The molecule has 0 radical (unpaired) electrons. The number of methoxy groups -OCH3 is 4. The fourth-order valence-corrected chi connectivity index (χ4v) is 2.55. The third-order valence-corrected chi connectivity index (χ3v) is 3.91. The second kappa shape index (κ2) is 8.28. The number of amides is 1. The van der Waals surface area contributed by atoms with Crippen LogP contribution >= 0.6 is 0 Å². The minimum atomic E-state index is -0.281. The van der Waals surface area contributed by atoms with Gasteiger partial charge < -0.3 is 24.3 Å². The molecule has 2 aromatic carbocycles. The van der Waals surface area contributed by atoms with E-state index in [4.69, 9.17) is 18.9 Å². The van der Waals surface area contributed by atoms with E-state index in [1.165, 1.54) is 14.2 Å². The first-order chi connectivity index (χ1) is 12.0. The average molecular weight is 345 g/mol. The maximum atomic E-state index is 12.7. The number of rotatable bonds is 7. The van der Waals surface area contributed by atoms with Gasteiger partial charge in [0.05, 0.1) is 34.5 Å². The molecule has 2 aromatic rings. The van der Waals surface area contributed by atoms with Gasteiger partial charge in [0.2, 0.25) is 0 Å². The summed E-state index contributed by atoms with van der Waals surface area (Å²) in [6, 6.07) is 10.5. The summed E-state index contributed by atoms with van der Waals surface area (Å²) in [5.41, 5.74) is 1.25. The van der Waals surface area contributed by atoms with Crippen LogP contribution in [0.15, 0.2) is 36.4 Å². The lowest BCUT2D eigenvalue weighted by atomic mass is 10.1. The molecule has 0 unspecified atom stereocenters. The number of carbonyl (C=O) groups is 1. The van der Waals surface area contributed by atoms with Crippen LogP contribution in [-0.2, 0) is 0 Å². The molecule has 0 saturated carbocycles. The number of carbonyl (C=O) groups excluding carboxylic acids is 1. The summed E-state index contributed by atoms with van der Waals surface area (Å²) in [5, 5.41) is 2.96. The Kier molecular flexibility index (Phi) is 6.11. The molecule has 6 heteroatoms. The molecule has 1 amide bonds. The monoisotopic (exact) mass is 345 g/mol. The predicted molar refractivity (Wildman–Crippen MR) is 95.0 cm³/mol. The van der Waals surface area contributed by atoms with Crippen molar-refractivity contribution in [2.45, 2.75) is 13.0 Å². The first kappa shape index (κ1) is 18.4. The molecule has 0 bridgehead atoms. The molecule has 1 N–H and O–H groups in total. The normalized spacial score (nSPS) is 11.4. The van der Waals surface area contributed by atoms with Gasteiger partial charge in [0, 0.05) is 0 Å². The van der Waals surface area contributed by atoms with Gasteiger partial charge in [-0.15, -0.1) is 0 Å². The van der Waals surface area contributed by atoms with E-state index in [1.807, 2.05) is 19.1 Å². The van der Waals surface area contributed by atoms with Crippen LogP contribution in [-0.4, -0.2) is 34.3 Å². The maximum Gasteiger partial charge on any atom is 0.259 e. The summed E-state index contributed by atoms with van der Waals surface area (Å²) < 4.78 is 21.1. The van der Waals surface area contributed by atoms with E-state index in [0.29, 0.717) is 28.6 Å². The van der Waals surface area contributed by atoms with Crippen LogP contribution < -0.4 is 24.3 Å². The van der Waals surface area contributed by atoms with Crippen molar-refractivity contribution in [2.75, 3.05) is 28.4 Å². The summed E-state index contributed by atoms with van der Waals surface area (Å²) >= 11 is 0. The molecule has 0 aliphatic carbocycles. The molecular weight excluding hydrogens is 322 g/mol. The van der Waals surface area contributed by atoms with E-state index in [-0.39, 0.29) is 11.9 Å². The van der Waals surface area contributed by atoms with Gasteiger partial charge >= 0.3 is 0 Å². The fraction of sp³-hybridized carbons (Fsp3) is 0.316. The van der Waals surface area contributed by atoms with Crippen molar-refractivity contribution in [3.63, 3.8) is 0 Å². The molecule has 0 aromatic heterocycles. The van der Waals surface area contributed by atoms with Crippen LogP contribution in [0.5, 0.6) is 23.0 Å². The molecule has 0 aliphatic heterocycles. The zero-order valence-corrected chi connectivity index (χ0v) is 15.1. The molecule has 0 spiro atoms. The quantitative estimate of drug-likeness (QED) is 0.835. The van der Waals surface area contributed by atoms with Crippen molar-refractivity contribution in [1.29, 1.82) is 0 Å². The molecule has 0 heterocycles. The SMILES string of the molecule is COc1ccc([C@@H](C)NC(=O)c2c(OC)cccc2OC)cc1OC. The van der Waals surface area contributed by atoms with E-state index >= 15 is 0 Å². The average Bonchev–Trinajstić information content (AvgIpc) is 2.66. The van der Waals surface area contributed by atoms with Crippen molar-refractivity contribution in [1.82, 2.24) is 5.32 Å². The fourth-order valence-electron chi connectivity index (χ4n) is 2.55. The van der Waals surface area contributed by atoms with Crippen LogP contribution in [0.3, 0.4) is 0 Å². The Hall–Kier alpha value is -2.89. The van der Waals surface area contributed by atoms with Crippen LogP contribution in [0.25, 0.3) is 0 Å². The third-order valence-electron chi connectivity index (χ3n) is 3.91. The van der Waals surface area contributed by atoms with E-state index in [9.17, 15) is 4.79 Å². The zero-order valence-electron chi connectivity index (χ0n) is 15.1. The summed E-state index contributed by atoms with van der Waals surface area (Å²) in [6.45, 7) is 1.89. The van der Waals surface area contributed by atoms with E-state index in [1.54, 1.807) is 38.5 Å². The highest BCUT2D eigenvalue weighted by atomic mass is 16.5. The number of hydrogen-bond acceptors (Lipinski definition) is 5. The van der Waals surface area contributed by atoms with Gasteiger partial charge in [0.1, 0.15) is 17.1 Å². The first-order valence-electron chi connectivity index (χ1n) is 7.79. The molecule has 0 saturated heterocycles. The smallest absolute Gasteiger partial charge is 0.259 e. The van der Waals surface area contributed by atoms with Crippen LogP contribution in [0.1, 0.15) is 28.9 Å². The number of nitrogens with one attached hydrogen (secondary N) is 1. The van der Waals surface area contributed by atoms with Crippen molar-refractivity contribution < 1.29 is 23.7 Å². The Balaban J connectivity index is 2.26. The number of hydrogen-bond donors (Lipinski definition) is 1. The minimum absolute atomic E-state index is 0.248. The molecule has 1 atom stereocenters. The van der Waals surface area contributed by atoms with Crippen molar-refractivity contribution >= 4 is 5.91 Å². The summed E-state index contributed by atoms with van der Waals surface area (Å²) in [7, 11) is 6.19. The standard InChI is InChI=1S/C19H23NO5/c1-12(13-9-10-14(22-2)17(11-13)25-5)20-19(21)18-15(23-3)7-6-8-16(18)24-4/h6-12H,1-5H3,(H,20,21)/t12-/m1/s1. The van der Waals surface area contributed by atoms with Gasteiger partial charge in [-0.05, 0) is 36.8 Å². The van der Waals surface area contributed by atoms with Gasteiger partial charge in [0.25, 0.3) is 5.91 Å². The topological polar surface area (TPSA) is 66.0 Å². The summed E-state index contributed by atoms with van der Waals surface area (Å²) in [5.74, 6) is 1.87. The highest BCUT2D eigenvalue weighted by molar-refractivity contribution is 6.00. The predicted octanol–water partition coefficient (Wildman–Crippen LogP) is 3.21. The summed E-state index contributed by atoms with van der Waals surface area (Å²) in [4.78, 5) is 12.7.